The van der Waals surface area contributed by atoms with E-state index >= 15 is 0 Å². The van der Waals surface area contributed by atoms with Crippen LogP contribution in [0.3, 0.4) is 0 Å². The first-order valence-corrected chi connectivity index (χ1v) is 11.3. The zero-order chi connectivity index (χ0) is 20.9. The first-order chi connectivity index (χ1) is 13.8. The van der Waals surface area contributed by atoms with Crippen LogP contribution in [0.1, 0.15) is 0 Å². The number of nitrogens with one attached hydrogen (secondary N) is 1. The molecule has 0 bridgehead atoms. The molecule has 0 aliphatic rings. The Kier molecular flexibility index (Phi) is 6.56. The number of sulfonamides is 1. The molecule has 6 nitrogen and oxygen atoms in total. The second-order valence-electron chi connectivity index (χ2n) is 6.24. The summed E-state index contributed by atoms with van der Waals surface area (Å²) in [6.45, 7) is -0.336. The minimum atomic E-state index is -3.63. The largest absolute Gasteiger partial charge is 0.457 e. The molecule has 0 unspecified atom stereocenters. The van der Waals surface area contributed by atoms with Gasteiger partial charge in [-0.2, -0.15) is 0 Å². The van der Waals surface area contributed by atoms with Crippen LogP contribution in [0.5, 0.6) is 11.5 Å². The number of ether oxygens (including phenoxy) is 1. The smallest absolute Gasteiger partial charge is 0.245 e. The van der Waals surface area contributed by atoms with E-state index in [4.69, 9.17) is 4.74 Å². The zero-order valence-electron chi connectivity index (χ0n) is 15.6. The summed E-state index contributed by atoms with van der Waals surface area (Å²) in [6.07, 6.45) is 1.07. The van der Waals surface area contributed by atoms with Gasteiger partial charge in [0.15, 0.2) is 0 Å². The summed E-state index contributed by atoms with van der Waals surface area (Å²) in [7, 11) is -3.63. The first kappa shape index (κ1) is 20.9. The van der Waals surface area contributed by atoms with Crippen molar-refractivity contribution in [3.8, 4) is 11.5 Å². The SMILES string of the molecule is CS(=O)(=O)N(CC(=O)Nc1ccc(Oc2ccccc2)cc1)c1cccc(Br)c1. The lowest BCUT2D eigenvalue weighted by Gasteiger charge is -2.22. The second-order valence-corrected chi connectivity index (χ2v) is 9.06. The maximum atomic E-state index is 12.4. The average molecular weight is 475 g/mol. The summed E-state index contributed by atoms with van der Waals surface area (Å²) < 4.78 is 31.8. The van der Waals surface area contributed by atoms with Crippen LogP contribution >= 0.6 is 15.9 Å². The van der Waals surface area contributed by atoms with Crippen molar-refractivity contribution >= 4 is 43.2 Å². The third-order valence-corrected chi connectivity index (χ3v) is 5.53. The summed E-state index contributed by atoms with van der Waals surface area (Å²) in [4.78, 5) is 12.4. The lowest BCUT2D eigenvalue weighted by atomic mass is 10.3. The maximum absolute atomic E-state index is 12.4. The fourth-order valence-electron chi connectivity index (χ4n) is 2.59. The van der Waals surface area contributed by atoms with Gasteiger partial charge in [0.1, 0.15) is 18.0 Å². The van der Waals surface area contributed by atoms with E-state index < -0.39 is 15.9 Å². The van der Waals surface area contributed by atoms with Crippen LogP contribution in [0.25, 0.3) is 0 Å². The summed E-state index contributed by atoms with van der Waals surface area (Å²) in [6, 6.07) is 23.0. The van der Waals surface area contributed by atoms with Gasteiger partial charge in [-0.15, -0.1) is 0 Å². The molecule has 3 aromatic rings. The molecule has 0 heterocycles. The Morgan fingerprint density at radius 2 is 1.62 bits per heavy atom. The fourth-order valence-corrected chi connectivity index (χ4v) is 3.83. The van der Waals surface area contributed by atoms with E-state index in [1.54, 1.807) is 48.5 Å². The van der Waals surface area contributed by atoms with Crippen LogP contribution in [0.2, 0.25) is 0 Å². The van der Waals surface area contributed by atoms with Crippen molar-refractivity contribution in [1.82, 2.24) is 0 Å². The topological polar surface area (TPSA) is 75.7 Å². The van der Waals surface area contributed by atoms with Crippen LogP contribution in [-0.4, -0.2) is 27.1 Å². The molecule has 0 aliphatic heterocycles. The zero-order valence-corrected chi connectivity index (χ0v) is 18.0. The highest BCUT2D eigenvalue weighted by Crippen LogP contribution is 2.24. The van der Waals surface area contributed by atoms with Crippen LogP contribution in [-0.2, 0) is 14.8 Å². The number of para-hydroxylation sites is 1. The molecule has 8 heteroatoms. The van der Waals surface area contributed by atoms with Gasteiger partial charge < -0.3 is 10.1 Å². The summed E-state index contributed by atoms with van der Waals surface area (Å²) in [5, 5.41) is 2.71. The van der Waals surface area contributed by atoms with Crippen LogP contribution in [0.4, 0.5) is 11.4 Å². The molecule has 0 spiro atoms. The van der Waals surface area contributed by atoms with Crippen LogP contribution in [0.15, 0.2) is 83.3 Å². The molecule has 0 fully saturated rings. The molecule has 0 aromatic heterocycles. The minimum Gasteiger partial charge on any atom is -0.457 e. The number of anilines is 2. The molecular formula is C21H19BrN2O4S. The normalized spacial score (nSPS) is 11.0. The Balaban J connectivity index is 1.67. The van der Waals surface area contributed by atoms with Crippen molar-refractivity contribution in [3.05, 3.63) is 83.3 Å². The highest BCUT2D eigenvalue weighted by atomic mass is 79.9. The average Bonchev–Trinajstić information content (AvgIpc) is 2.68. The van der Waals surface area contributed by atoms with E-state index in [2.05, 4.69) is 21.2 Å². The Morgan fingerprint density at radius 1 is 0.966 bits per heavy atom. The third kappa shape index (κ3) is 6.07. The quantitative estimate of drug-likeness (QED) is 0.540. The Morgan fingerprint density at radius 3 is 2.24 bits per heavy atom. The number of hydrogen-bond acceptors (Lipinski definition) is 4. The first-order valence-electron chi connectivity index (χ1n) is 8.67. The van der Waals surface area contributed by atoms with Crippen molar-refractivity contribution in [2.24, 2.45) is 0 Å². The number of carbonyl (C=O) groups is 1. The van der Waals surface area contributed by atoms with Crippen molar-refractivity contribution in [2.45, 2.75) is 0 Å². The number of nitrogens with zero attached hydrogens (tertiary/aromatic N) is 1. The summed E-state index contributed by atoms with van der Waals surface area (Å²) in [5.41, 5.74) is 0.946. The van der Waals surface area contributed by atoms with Gasteiger partial charge in [-0.25, -0.2) is 8.42 Å². The standard InChI is InChI=1S/C21H19BrN2O4S/c1-29(26,27)24(18-7-5-6-16(22)14-18)15-21(25)23-17-10-12-20(13-11-17)28-19-8-3-2-4-9-19/h2-14H,15H2,1H3,(H,23,25). The highest BCUT2D eigenvalue weighted by molar-refractivity contribution is 9.10. The molecule has 0 atom stereocenters. The van der Waals surface area contributed by atoms with E-state index in [1.165, 1.54) is 0 Å². The van der Waals surface area contributed by atoms with Crippen molar-refractivity contribution in [3.63, 3.8) is 0 Å². The van der Waals surface area contributed by atoms with E-state index in [9.17, 15) is 13.2 Å². The van der Waals surface area contributed by atoms with Crippen molar-refractivity contribution in [2.75, 3.05) is 22.4 Å². The molecule has 0 saturated heterocycles. The molecule has 29 heavy (non-hydrogen) atoms. The van der Waals surface area contributed by atoms with E-state index in [0.29, 0.717) is 22.9 Å². The van der Waals surface area contributed by atoms with E-state index in [-0.39, 0.29) is 6.54 Å². The van der Waals surface area contributed by atoms with Crippen molar-refractivity contribution in [1.29, 1.82) is 0 Å². The molecule has 3 rings (SSSR count). The van der Waals surface area contributed by atoms with Crippen molar-refractivity contribution < 1.29 is 17.9 Å². The Labute approximate surface area is 178 Å². The number of benzene rings is 3. The lowest BCUT2D eigenvalue weighted by Crippen LogP contribution is -2.37. The molecule has 0 aliphatic carbocycles. The number of carbonyl (C=O) groups excluding carboxylic acids is 1. The number of halogens is 1. The molecule has 1 N–H and O–H groups in total. The van der Waals surface area contributed by atoms with Gasteiger partial charge in [-0.05, 0) is 54.6 Å². The summed E-state index contributed by atoms with van der Waals surface area (Å²) >= 11 is 3.31. The highest BCUT2D eigenvalue weighted by Gasteiger charge is 2.21. The maximum Gasteiger partial charge on any atom is 0.245 e. The van der Waals surface area contributed by atoms with Crippen LogP contribution in [0, 0.1) is 0 Å². The van der Waals surface area contributed by atoms with Gasteiger partial charge in [0.05, 0.1) is 11.9 Å². The van der Waals surface area contributed by atoms with Gasteiger partial charge in [0.2, 0.25) is 15.9 Å². The van der Waals surface area contributed by atoms with E-state index in [1.807, 2.05) is 30.3 Å². The number of hydrogen-bond donors (Lipinski definition) is 1. The van der Waals surface area contributed by atoms with Gasteiger partial charge in [0.25, 0.3) is 0 Å². The van der Waals surface area contributed by atoms with Gasteiger partial charge >= 0.3 is 0 Å². The van der Waals surface area contributed by atoms with Crippen LogP contribution < -0.4 is 14.4 Å². The monoisotopic (exact) mass is 474 g/mol. The predicted molar refractivity (Wildman–Crippen MR) is 118 cm³/mol. The number of rotatable bonds is 7. The summed E-state index contributed by atoms with van der Waals surface area (Å²) in [5.74, 6) is 0.885. The molecule has 1 amide bonds. The predicted octanol–water partition coefficient (Wildman–Crippen LogP) is 4.65. The second kappa shape index (κ2) is 9.11. The molecule has 3 aromatic carbocycles. The Hall–Kier alpha value is -2.84. The lowest BCUT2D eigenvalue weighted by molar-refractivity contribution is -0.114. The minimum absolute atomic E-state index is 0.336. The van der Waals surface area contributed by atoms with Gasteiger partial charge in [-0.1, -0.05) is 40.2 Å². The molecular weight excluding hydrogens is 456 g/mol. The fraction of sp³-hybridized carbons (Fsp3) is 0.0952. The number of amides is 1. The molecule has 0 radical (unpaired) electrons. The van der Waals surface area contributed by atoms with Gasteiger partial charge in [-0.3, -0.25) is 9.10 Å². The molecule has 150 valence electrons. The third-order valence-electron chi connectivity index (χ3n) is 3.90. The van der Waals surface area contributed by atoms with E-state index in [0.717, 1.165) is 15.0 Å². The molecule has 0 saturated carbocycles. The van der Waals surface area contributed by atoms with Gasteiger partial charge in [0, 0.05) is 10.2 Å². The Bertz CT molecular complexity index is 1090.